The Morgan fingerprint density at radius 1 is 0.957 bits per heavy atom. The number of hydrogen-bond acceptors (Lipinski definition) is 6. The predicted octanol–water partition coefficient (Wildman–Crippen LogP) is -1.03. The normalized spacial score (nSPS) is 17.7. The number of nitrogens with one attached hydrogen (secondary N) is 2. The number of hydrogen-bond donors (Lipinski definition) is 6. The molecular formula is C15H31N3O5. The molecule has 8 nitrogen and oxygen atoms in total. The van der Waals surface area contributed by atoms with E-state index in [4.69, 9.17) is 15.9 Å². The second kappa shape index (κ2) is 11.3. The molecule has 0 saturated heterocycles. The van der Waals surface area contributed by atoms with Crippen molar-refractivity contribution in [2.75, 3.05) is 0 Å². The van der Waals surface area contributed by atoms with Crippen LogP contribution in [0.15, 0.2) is 0 Å². The zero-order chi connectivity index (χ0) is 18.0. The van der Waals surface area contributed by atoms with Gasteiger partial charge >= 0.3 is 0 Å². The largest absolute Gasteiger partial charge is 0.393 e. The minimum absolute atomic E-state index is 0.129. The zero-order valence-electron chi connectivity index (χ0n) is 14.2. The third kappa shape index (κ3) is 10.2. The Bertz CT molecular complexity index is 363. The first-order valence-corrected chi connectivity index (χ1v) is 8.07. The van der Waals surface area contributed by atoms with Gasteiger partial charge < -0.3 is 31.7 Å². The summed E-state index contributed by atoms with van der Waals surface area (Å²) in [5.74, 6) is -1.00. The minimum atomic E-state index is -1.26. The van der Waals surface area contributed by atoms with Gasteiger partial charge in [-0.15, -0.1) is 0 Å². The summed E-state index contributed by atoms with van der Waals surface area (Å²) in [4.78, 5) is 23.8. The number of nitrogens with two attached hydrogens (primary N) is 1. The van der Waals surface area contributed by atoms with E-state index in [2.05, 4.69) is 10.6 Å². The van der Waals surface area contributed by atoms with Gasteiger partial charge in [-0.1, -0.05) is 6.92 Å². The molecule has 5 unspecified atom stereocenters. The number of aliphatic hydroxyl groups excluding tert-OH is 3. The van der Waals surface area contributed by atoms with Gasteiger partial charge in [0.2, 0.25) is 11.8 Å². The minimum Gasteiger partial charge on any atom is -0.393 e. The molecular weight excluding hydrogens is 302 g/mol. The van der Waals surface area contributed by atoms with Crippen molar-refractivity contribution in [2.45, 2.75) is 83.4 Å². The predicted molar refractivity (Wildman–Crippen MR) is 86.2 cm³/mol. The Kier molecular flexibility index (Phi) is 10.7. The van der Waals surface area contributed by atoms with Gasteiger partial charge in [0.25, 0.3) is 0 Å². The van der Waals surface area contributed by atoms with Crippen LogP contribution >= 0.6 is 0 Å². The van der Waals surface area contributed by atoms with E-state index in [-0.39, 0.29) is 18.4 Å². The van der Waals surface area contributed by atoms with Crippen LogP contribution in [0.5, 0.6) is 0 Å². The van der Waals surface area contributed by atoms with Crippen molar-refractivity contribution >= 4 is 11.8 Å². The Hall–Kier alpha value is -1.22. The van der Waals surface area contributed by atoms with E-state index in [1.165, 1.54) is 6.92 Å². The van der Waals surface area contributed by atoms with Crippen molar-refractivity contribution in [1.29, 1.82) is 0 Å². The highest BCUT2D eigenvalue weighted by atomic mass is 16.3. The fraction of sp³-hybridized carbons (Fsp3) is 0.867. The van der Waals surface area contributed by atoms with Crippen molar-refractivity contribution in [3.8, 4) is 0 Å². The average molecular weight is 333 g/mol. The Morgan fingerprint density at radius 2 is 1.57 bits per heavy atom. The maximum atomic E-state index is 12.0. The first kappa shape index (κ1) is 21.8. The highest BCUT2D eigenvalue weighted by molar-refractivity contribution is 5.89. The molecule has 0 heterocycles. The fourth-order valence-corrected chi connectivity index (χ4v) is 1.98. The van der Waals surface area contributed by atoms with Crippen LogP contribution in [0, 0.1) is 0 Å². The van der Waals surface area contributed by atoms with Gasteiger partial charge in [0, 0.05) is 6.04 Å². The second-order valence-electron chi connectivity index (χ2n) is 5.93. The van der Waals surface area contributed by atoms with Gasteiger partial charge in [0.15, 0.2) is 0 Å². The van der Waals surface area contributed by atoms with E-state index in [0.717, 1.165) is 0 Å². The number of aliphatic hydroxyl groups is 3. The lowest BCUT2D eigenvalue weighted by atomic mass is 10.1. The maximum Gasteiger partial charge on any atom is 0.249 e. The molecule has 0 aliphatic carbocycles. The molecule has 0 radical (unpaired) electrons. The SMILES string of the molecule is CCC(CCC(N)O)NC(=O)C(C)NC(=O)C(O)CCC(C)O. The van der Waals surface area contributed by atoms with Crippen LogP contribution < -0.4 is 16.4 Å². The van der Waals surface area contributed by atoms with Crippen LogP contribution in [-0.4, -0.2) is 57.7 Å². The van der Waals surface area contributed by atoms with E-state index in [1.54, 1.807) is 6.92 Å². The van der Waals surface area contributed by atoms with Gasteiger partial charge in [-0.3, -0.25) is 9.59 Å². The van der Waals surface area contributed by atoms with Gasteiger partial charge in [-0.2, -0.15) is 0 Å². The standard InChI is InChI=1S/C15H31N3O5/c1-4-11(6-8-13(16)21)18-14(22)10(3)17-15(23)12(20)7-5-9(2)19/h9-13,19-21H,4-8,16H2,1-3H3,(H,17,23)(H,18,22). The average Bonchev–Trinajstić information content (AvgIpc) is 2.48. The van der Waals surface area contributed by atoms with Gasteiger partial charge in [0.1, 0.15) is 18.4 Å². The van der Waals surface area contributed by atoms with Crippen LogP contribution in [0.2, 0.25) is 0 Å². The summed E-state index contributed by atoms with van der Waals surface area (Å²) in [5, 5.41) is 33.1. The van der Waals surface area contributed by atoms with Crippen LogP contribution in [0.1, 0.15) is 52.9 Å². The lowest BCUT2D eigenvalue weighted by Gasteiger charge is -2.22. The molecule has 0 rings (SSSR count). The quantitative estimate of drug-likeness (QED) is 0.267. The van der Waals surface area contributed by atoms with Gasteiger partial charge in [0.05, 0.1) is 6.10 Å². The lowest BCUT2D eigenvalue weighted by Crippen LogP contribution is -2.50. The van der Waals surface area contributed by atoms with Gasteiger partial charge in [-0.25, -0.2) is 0 Å². The summed E-state index contributed by atoms with van der Waals surface area (Å²) in [6.07, 6.45) is -0.749. The molecule has 0 aliphatic rings. The first-order valence-electron chi connectivity index (χ1n) is 8.07. The third-order valence-electron chi connectivity index (χ3n) is 3.56. The molecule has 0 fully saturated rings. The van der Waals surface area contributed by atoms with Crippen molar-refractivity contribution in [2.24, 2.45) is 5.73 Å². The zero-order valence-corrected chi connectivity index (χ0v) is 14.2. The lowest BCUT2D eigenvalue weighted by molar-refractivity contribution is -0.134. The van der Waals surface area contributed by atoms with Crippen molar-refractivity contribution in [1.82, 2.24) is 10.6 Å². The van der Waals surface area contributed by atoms with Crippen molar-refractivity contribution in [3.63, 3.8) is 0 Å². The molecule has 0 spiro atoms. The topological polar surface area (TPSA) is 145 Å². The van der Waals surface area contributed by atoms with Gasteiger partial charge in [-0.05, 0) is 46.0 Å². The molecule has 0 saturated carbocycles. The summed E-state index contributed by atoms with van der Waals surface area (Å²) < 4.78 is 0. The van der Waals surface area contributed by atoms with Crippen LogP contribution in [0.4, 0.5) is 0 Å². The molecule has 7 N–H and O–H groups in total. The maximum absolute atomic E-state index is 12.0. The summed E-state index contributed by atoms with van der Waals surface area (Å²) in [6, 6.07) is -0.930. The number of rotatable bonds is 11. The molecule has 0 aromatic carbocycles. The number of carbonyl (C=O) groups excluding carboxylic acids is 2. The summed E-state index contributed by atoms with van der Waals surface area (Å²) >= 11 is 0. The smallest absolute Gasteiger partial charge is 0.249 e. The Morgan fingerprint density at radius 3 is 2.04 bits per heavy atom. The fourth-order valence-electron chi connectivity index (χ4n) is 1.98. The molecule has 8 heteroatoms. The Labute approximate surface area is 137 Å². The molecule has 0 aromatic heterocycles. The van der Waals surface area contributed by atoms with E-state index in [1.807, 2.05) is 6.92 Å². The van der Waals surface area contributed by atoms with Crippen LogP contribution in [-0.2, 0) is 9.59 Å². The first-order chi connectivity index (χ1) is 10.7. The molecule has 0 bridgehead atoms. The summed E-state index contributed by atoms with van der Waals surface area (Å²) in [7, 11) is 0. The third-order valence-corrected chi connectivity index (χ3v) is 3.56. The van der Waals surface area contributed by atoms with Crippen molar-refractivity contribution in [3.05, 3.63) is 0 Å². The van der Waals surface area contributed by atoms with E-state index < -0.39 is 30.4 Å². The molecule has 2 amide bonds. The highest BCUT2D eigenvalue weighted by Gasteiger charge is 2.22. The van der Waals surface area contributed by atoms with Crippen molar-refractivity contribution < 1.29 is 24.9 Å². The molecule has 23 heavy (non-hydrogen) atoms. The summed E-state index contributed by atoms with van der Waals surface area (Å²) in [5.41, 5.74) is 5.28. The number of carbonyl (C=O) groups is 2. The Balaban J connectivity index is 4.28. The molecule has 5 atom stereocenters. The molecule has 136 valence electrons. The van der Waals surface area contributed by atoms with E-state index >= 15 is 0 Å². The molecule has 0 aliphatic heterocycles. The van der Waals surface area contributed by atoms with E-state index in [0.29, 0.717) is 25.7 Å². The highest BCUT2D eigenvalue weighted by Crippen LogP contribution is 2.04. The number of amides is 2. The monoisotopic (exact) mass is 333 g/mol. The molecule has 0 aromatic rings. The van der Waals surface area contributed by atoms with Crippen LogP contribution in [0.3, 0.4) is 0 Å². The van der Waals surface area contributed by atoms with E-state index in [9.17, 15) is 14.7 Å². The van der Waals surface area contributed by atoms with Crippen LogP contribution in [0.25, 0.3) is 0 Å². The summed E-state index contributed by atoms with van der Waals surface area (Å²) in [6.45, 7) is 5.00. The second-order valence-corrected chi connectivity index (χ2v) is 5.93.